The first-order valence-corrected chi connectivity index (χ1v) is 14.7. The first kappa shape index (κ1) is 29.5. The molecule has 5 heteroatoms. The van der Waals surface area contributed by atoms with Crippen LogP contribution in [0.3, 0.4) is 0 Å². The van der Waals surface area contributed by atoms with E-state index in [1.165, 1.54) is 77.0 Å². The second-order valence-corrected chi connectivity index (χ2v) is 10.6. The molecule has 0 unspecified atom stereocenters. The van der Waals surface area contributed by atoms with E-state index in [0.717, 1.165) is 29.8 Å². The van der Waals surface area contributed by atoms with Crippen molar-refractivity contribution in [1.82, 2.24) is 9.36 Å². The maximum Gasteiger partial charge on any atom is 0.297 e. The molecule has 1 aromatic heterocycles. The van der Waals surface area contributed by atoms with E-state index in [0.29, 0.717) is 11.3 Å². The number of aryl methyl sites for hydroxylation is 1. The maximum atomic E-state index is 13.0. The van der Waals surface area contributed by atoms with Gasteiger partial charge in [0.1, 0.15) is 5.75 Å². The van der Waals surface area contributed by atoms with Gasteiger partial charge in [-0.2, -0.15) is 0 Å². The number of unbranched alkanes of at least 4 members (excludes halogenated alkanes) is 12. The fourth-order valence-electron chi connectivity index (χ4n) is 5.04. The lowest BCUT2D eigenvalue weighted by molar-refractivity contribution is 0.473. The molecule has 0 aliphatic heterocycles. The summed E-state index contributed by atoms with van der Waals surface area (Å²) in [5.41, 5.74) is 3.54. The molecule has 1 N–H and O–H groups in total. The zero-order valence-electron chi connectivity index (χ0n) is 23.8. The van der Waals surface area contributed by atoms with E-state index in [-0.39, 0.29) is 11.3 Å². The summed E-state index contributed by atoms with van der Waals surface area (Å²) in [7, 11) is 1.85. The van der Waals surface area contributed by atoms with E-state index in [2.05, 4.69) is 18.0 Å². The Morgan fingerprint density at radius 2 is 1.39 bits per heavy atom. The molecule has 0 fully saturated rings. The first-order chi connectivity index (χ1) is 18.5. The maximum absolute atomic E-state index is 13.0. The van der Waals surface area contributed by atoms with Crippen molar-refractivity contribution in [2.24, 2.45) is 12.0 Å². The number of aromatic hydroxyl groups is 1. The minimum absolute atomic E-state index is 0.175. The molecule has 3 rings (SSSR count). The molecule has 0 amide bonds. The lowest BCUT2D eigenvalue weighted by Gasteiger charge is -2.07. The normalized spacial score (nSPS) is 11.6. The van der Waals surface area contributed by atoms with Gasteiger partial charge >= 0.3 is 0 Å². The molecule has 1 heterocycles. The van der Waals surface area contributed by atoms with Crippen LogP contribution < -0.4 is 5.56 Å². The van der Waals surface area contributed by atoms with Crippen molar-refractivity contribution < 1.29 is 5.11 Å². The molecule has 38 heavy (non-hydrogen) atoms. The molecule has 5 nitrogen and oxygen atoms in total. The van der Waals surface area contributed by atoms with Crippen LogP contribution in [0.4, 0.5) is 5.69 Å². The van der Waals surface area contributed by atoms with Gasteiger partial charge in [0.2, 0.25) is 0 Å². The molecule has 0 aliphatic rings. The standard InChI is InChI=1S/C33H47N3O2/c1-4-5-6-7-8-9-10-11-12-13-14-15-17-20-28-23-24-29(31(37)25-28)26-34-32-27(2)35(3)36(33(32)38)30-21-18-16-19-22-30/h16,18-19,21-26,37H,4-15,17,20H2,1-3H3. The Labute approximate surface area is 229 Å². The van der Waals surface area contributed by atoms with Gasteiger partial charge in [-0.1, -0.05) is 108 Å². The number of phenolic OH excluding ortho intramolecular Hbond substituents is 1. The molecule has 206 valence electrons. The van der Waals surface area contributed by atoms with Gasteiger partial charge < -0.3 is 5.11 Å². The van der Waals surface area contributed by atoms with E-state index in [9.17, 15) is 9.90 Å². The molecule has 0 bridgehead atoms. The monoisotopic (exact) mass is 517 g/mol. The van der Waals surface area contributed by atoms with Crippen molar-refractivity contribution in [3.63, 3.8) is 0 Å². The number of hydrogen-bond donors (Lipinski definition) is 1. The van der Waals surface area contributed by atoms with Crippen molar-refractivity contribution >= 4 is 11.9 Å². The molecule has 3 aromatic rings. The zero-order valence-corrected chi connectivity index (χ0v) is 23.8. The van der Waals surface area contributed by atoms with Crippen LogP contribution in [0.1, 0.15) is 107 Å². The van der Waals surface area contributed by atoms with Gasteiger partial charge in [0, 0.05) is 18.8 Å². The molecular formula is C33H47N3O2. The summed E-state index contributed by atoms with van der Waals surface area (Å²) in [6.07, 6.45) is 20.1. The Morgan fingerprint density at radius 3 is 1.97 bits per heavy atom. The number of aromatic nitrogens is 2. The van der Waals surface area contributed by atoms with Gasteiger partial charge in [-0.05, 0) is 49.6 Å². The fraction of sp³-hybridized carbons (Fsp3) is 0.515. The summed E-state index contributed by atoms with van der Waals surface area (Å²) >= 11 is 0. The van der Waals surface area contributed by atoms with Crippen molar-refractivity contribution in [2.45, 2.75) is 104 Å². The second-order valence-electron chi connectivity index (χ2n) is 10.6. The third kappa shape index (κ3) is 8.75. The lowest BCUT2D eigenvalue weighted by atomic mass is 10.0. The Hall–Kier alpha value is -3.08. The molecule has 0 saturated carbocycles. The highest BCUT2D eigenvalue weighted by Gasteiger charge is 2.15. The Balaban J connectivity index is 1.41. The highest BCUT2D eigenvalue weighted by atomic mass is 16.3. The largest absolute Gasteiger partial charge is 0.507 e. The summed E-state index contributed by atoms with van der Waals surface area (Å²) in [6.45, 7) is 4.15. The topological polar surface area (TPSA) is 59.5 Å². The number of aliphatic imine (C=N–C) groups is 1. The van der Waals surface area contributed by atoms with Crippen LogP contribution in [0, 0.1) is 6.92 Å². The molecular weight excluding hydrogens is 470 g/mol. The third-order valence-electron chi connectivity index (χ3n) is 7.52. The van der Waals surface area contributed by atoms with E-state index in [4.69, 9.17) is 0 Å². The summed E-state index contributed by atoms with van der Waals surface area (Å²) in [5.74, 6) is 0.206. The average molecular weight is 518 g/mol. The van der Waals surface area contributed by atoms with Gasteiger partial charge in [0.15, 0.2) is 5.69 Å². The van der Waals surface area contributed by atoms with E-state index in [1.807, 2.05) is 61.1 Å². The minimum atomic E-state index is -0.175. The smallest absolute Gasteiger partial charge is 0.297 e. The van der Waals surface area contributed by atoms with Gasteiger partial charge in [-0.25, -0.2) is 9.67 Å². The highest BCUT2D eigenvalue weighted by molar-refractivity contribution is 5.85. The Kier molecular flexibility index (Phi) is 12.4. The Morgan fingerprint density at radius 1 is 0.816 bits per heavy atom. The number of nitrogens with zero attached hydrogens (tertiary/aromatic N) is 3. The van der Waals surface area contributed by atoms with Crippen LogP contribution >= 0.6 is 0 Å². The van der Waals surface area contributed by atoms with E-state index >= 15 is 0 Å². The predicted molar refractivity (Wildman–Crippen MR) is 161 cm³/mol. The van der Waals surface area contributed by atoms with E-state index < -0.39 is 0 Å². The highest BCUT2D eigenvalue weighted by Crippen LogP contribution is 2.22. The van der Waals surface area contributed by atoms with Crippen LogP contribution in [-0.4, -0.2) is 20.7 Å². The van der Waals surface area contributed by atoms with Crippen LogP contribution in [-0.2, 0) is 13.5 Å². The lowest BCUT2D eigenvalue weighted by Crippen LogP contribution is -2.19. The molecule has 0 atom stereocenters. The van der Waals surface area contributed by atoms with Gasteiger partial charge in [-0.15, -0.1) is 0 Å². The first-order valence-electron chi connectivity index (χ1n) is 14.7. The van der Waals surface area contributed by atoms with Crippen molar-refractivity contribution in [3.05, 3.63) is 75.7 Å². The summed E-state index contributed by atoms with van der Waals surface area (Å²) in [6, 6.07) is 15.3. The minimum Gasteiger partial charge on any atom is -0.507 e. The number of hydrogen-bond acceptors (Lipinski definition) is 3. The predicted octanol–water partition coefficient (Wildman–Crippen LogP) is 8.57. The fourth-order valence-corrected chi connectivity index (χ4v) is 5.04. The number of rotatable bonds is 17. The quantitative estimate of drug-likeness (QED) is 0.144. The van der Waals surface area contributed by atoms with Crippen LogP contribution in [0.5, 0.6) is 5.75 Å². The SMILES string of the molecule is CCCCCCCCCCCCCCCc1ccc(C=Nc2c(C)n(C)n(-c3ccccc3)c2=O)c(O)c1. The molecule has 2 aromatic carbocycles. The van der Waals surface area contributed by atoms with Gasteiger partial charge in [0.05, 0.1) is 11.4 Å². The van der Waals surface area contributed by atoms with Crippen LogP contribution in [0.2, 0.25) is 0 Å². The van der Waals surface area contributed by atoms with Crippen molar-refractivity contribution in [3.8, 4) is 11.4 Å². The summed E-state index contributed by atoms with van der Waals surface area (Å²) < 4.78 is 3.42. The molecule has 0 saturated heterocycles. The molecule has 0 spiro atoms. The van der Waals surface area contributed by atoms with E-state index in [1.54, 1.807) is 10.9 Å². The Bertz CT molecular complexity index is 1190. The van der Waals surface area contributed by atoms with Crippen LogP contribution in [0.25, 0.3) is 5.69 Å². The van der Waals surface area contributed by atoms with Crippen LogP contribution in [0.15, 0.2) is 58.3 Å². The number of para-hydroxylation sites is 1. The van der Waals surface area contributed by atoms with Crippen molar-refractivity contribution in [1.29, 1.82) is 0 Å². The third-order valence-corrected chi connectivity index (χ3v) is 7.52. The van der Waals surface area contributed by atoms with Gasteiger partial charge in [0.25, 0.3) is 5.56 Å². The zero-order chi connectivity index (χ0) is 27.2. The van der Waals surface area contributed by atoms with Gasteiger partial charge in [-0.3, -0.25) is 9.48 Å². The molecule has 0 radical (unpaired) electrons. The molecule has 0 aliphatic carbocycles. The second kappa shape index (κ2) is 16.0. The summed E-state index contributed by atoms with van der Waals surface area (Å²) in [4.78, 5) is 17.5. The number of benzene rings is 2. The number of phenols is 1. The average Bonchev–Trinajstić information content (AvgIpc) is 3.13. The summed E-state index contributed by atoms with van der Waals surface area (Å²) in [5, 5.41) is 10.6. The van der Waals surface area contributed by atoms with Crippen molar-refractivity contribution in [2.75, 3.05) is 0 Å².